The van der Waals surface area contributed by atoms with Crippen LogP contribution in [0, 0.1) is 0 Å². The SMILES string of the molecule is [2H]c1c([2H])c([2H])c2c(c1[2H])Oc1c([2H])c([2H])c([2H])c3c([2H])c(-c4c([2H])c([2H])c([2H])c([2H])c4-c4cccc5sc6ccccc6c45)c([2H])c-2c13. The molecule has 168 valence electrons. The number of thiophene rings is 1. The average Bonchev–Trinajstić information content (AvgIpc) is 3.48. The van der Waals surface area contributed by atoms with Crippen LogP contribution in [0.25, 0.3) is 64.3 Å². The molecule has 8 rings (SSSR count). The van der Waals surface area contributed by atoms with Crippen molar-refractivity contribution >= 4 is 42.3 Å². The molecule has 1 nitrogen and oxygen atoms in total. The fourth-order valence-corrected chi connectivity index (χ4v) is 5.93. The predicted molar refractivity (Wildman–Crippen MR) is 153 cm³/mol. The third kappa shape index (κ3) is 2.82. The molecule has 0 N–H and O–H groups in total. The molecule has 0 aliphatic carbocycles. The van der Waals surface area contributed by atoms with E-state index in [1.165, 1.54) is 11.3 Å². The van der Waals surface area contributed by atoms with Crippen molar-refractivity contribution in [2.75, 3.05) is 0 Å². The molecule has 0 amide bonds. The second-order valence-corrected chi connectivity index (χ2v) is 9.37. The van der Waals surface area contributed by atoms with Crippen LogP contribution < -0.4 is 4.74 Å². The summed E-state index contributed by atoms with van der Waals surface area (Å²) >= 11 is 1.50. The van der Waals surface area contributed by atoms with Gasteiger partial charge in [0.1, 0.15) is 11.5 Å². The van der Waals surface area contributed by atoms with Gasteiger partial charge in [0.2, 0.25) is 0 Å². The Balaban J connectivity index is 1.63. The van der Waals surface area contributed by atoms with Gasteiger partial charge in [0.15, 0.2) is 0 Å². The smallest absolute Gasteiger partial charge is 0.135 e. The van der Waals surface area contributed by atoms with Gasteiger partial charge in [-0.3, -0.25) is 0 Å². The number of fused-ring (bicyclic) bond motifs is 5. The molecular formula is C34H20OS. The number of rotatable bonds is 2. The highest BCUT2D eigenvalue weighted by Crippen LogP contribution is 2.49. The van der Waals surface area contributed by atoms with Crippen LogP contribution in [0.2, 0.25) is 0 Å². The fourth-order valence-electron chi connectivity index (χ4n) is 4.79. The van der Waals surface area contributed by atoms with Crippen molar-refractivity contribution in [3.8, 4) is 44.9 Å². The Morgan fingerprint density at radius 3 is 2.28 bits per heavy atom. The van der Waals surface area contributed by atoms with Crippen molar-refractivity contribution in [3.05, 3.63) is 121 Å². The third-order valence-corrected chi connectivity index (χ3v) is 7.44. The van der Waals surface area contributed by atoms with Gasteiger partial charge in [0, 0.05) is 31.1 Å². The molecule has 0 bridgehead atoms. The van der Waals surface area contributed by atoms with Crippen molar-refractivity contribution in [2.45, 2.75) is 0 Å². The first-order valence-corrected chi connectivity index (χ1v) is 12.0. The quantitative estimate of drug-likeness (QED) is 0.235. The summed E-state index contributed by atoms with van der Waals surface area (Å²) in [5.41, 5.74) is -0.546. The predicted octanol–water partition coefficient (Wildman–Crippen LogP) is 10.3. The Morgan fingerprint density at radius 1 is 0.556 bits per heavy atom. The molecule has 2 heterocycles. The van der Waals surface area contributed by atoms with Gasteiger partial charge in [-0.05, 0) is 69.5 Å². The Morgan fingerprint density at radius 2 is 1.33 bits per heavy atom. The molecule has 0 unspecified atom stereocenters. The van der Waals surface area contributed by atoms with E-state index in [1.54, 1.807) is 12.1 Å². The molecule has 1 aliphatic heterocycles. The monoisotopic (exact) mass is 489 g/mol. The molecule has 6 aromatic carbocycles. The first-order valence-electron chi connectivity index (χ1n) is 17.6. The summed E-state index contributed by atoms with van der Waals surface area (Å²) in [6.07, 6.45) is 0. The van der Waals surface area contributed by atoms with E-state index in [0.717, 1.165) is 14.8 Å². The molecule has 0 atom stereocenters. The van der Waals surface area contributed by atoms with Crippen LogP contribution in [-0.4, -0.2) is 0 Å². The minimum atomic E-state index is -0.632. The van der Waals surface area contributed by atoms with Crippen LogP contribution in [-0.2, 0) is 0 Å². The summed E-state index contributed by atoms with van der Waals surface area (Å²) in [5.74, 6) is -0.742. The van der Waals surface area contributed by atoms with Gasteiger partial charge in [0.05, 0.1) is 17.8 Å². The van der Waals surface area contributed by atoms with E-state index < -0.39 is 84.3 Å². The average molecular weight is 490 g/mol. The zero-order valence-corrected chi connectivity index (χ0v) is 19.2. The Bertz CT molecular complexity index is 2680. The van der Waals surface area contributed by atoms with E-state index in [9.17, 15) is 4.11 Å². The number of hydrogen-bond acceptors (Lipinski definition) is 2. The highest BCUT2D eigenvalue weighted by molar-refractivity contribution is 7.25. The maximum absolute atomic E-state index is 9.62. The van der Waals surface area contributed by atoms with Gasteiger partial charge < -0.3 is 4.74 Å². The molecule has 1 aliphatic rings. The van der Waals surface area contributed by atoms with E-state index in [-0.39, 0.29) is 44.3 Å². The van der Waals surface area contributed by atoms with Crippen molar-refractivity contribution in [2.24, 2.45) is 0 Å². The normalized spacial score (nSPS) is 17.2. The van der Waals surface area contributed by atoms with E-state index in [0.29, 0.717) is 10.9 Å². The van der Waals surface area contributed by atoms with Crippen LogP contribution in [0.5, 0.6) is 11.5 Å². The first-order chi connectivity index (χ1) is 23.3. The lowest BCUT2D eigenvalue weighted by Crippen LogP contribution is -1.97. The first kappa shape index (κ1) is 11.1. The summed E-state index contributed by atoms with van der Waals surface area (Å²) in [5, 5.41) is 1.16. The maximum atomic E-state index is 9.62. The maximum Gasteiger partial charge on any atom is 0.135 e. The van der Waals surface area contributed by atoms with Gasteiger partial charge in [-0.25, -0.2) is 0 Å². The summed E-state index contributed by atoms with van der Waals surface area (Å²) in [7, 11) is 0. The van der Waals surface area contributed by atoms with E-state index in [1.807, 2.05) is 30.3 Å². The van der Waals surface area contributed by atoms with Crippen molar-refractivity contribution in [1.29, 1.82) is 0 Å². The second kappa shape index (κ2) is 7.55. The van der Waals surface area contributed by atoms with E-state index >= 15 is 0 Å². The lowest BCUT2D eigenvalue weighted by Gasteiger charge is -2.22. The molecule has 0 spiro atoms. The third-order valence-electron chi connectivity index (χ3n) is 6.31. The van der Waals surface area contributed by atoms with Gasteiger partial charge in [-0.15, -0.1) is 11.3 Å². The Labute approximate surface area is 231 Å². The van der Waals surface area contributed by atoms with Gasteiger partial charge in [-0.1, -0.05) is 84.7 Å². The van der Waals surface area contributed by atoms with Crippen LogP contribution >= 0.6 is 11.3 Å². The lowest BCUT2D eigenvalue weighted by molar-refractivity contribution is 0.487. The van der Waals surface area contributed by atoms with Crippen LogP contribution in [0.1, 0.15) is 17.8 Å². The molecule has 36 heavy (non-hydrogen) atoms. The topological polar surface area (TPSA) is 9.23 Å². The largest absolute Gasteiger partial charge is 0.456 e. The van der Waals surface area contributed by atoms with Crippen LogP contribution in [0.15, 0.2) is 121 Å². The molecule has 0 saturated carbocycles. The summed E-state index contributed by atoms with van der Waals surface area (Å²) in [6.45, 7) is 0. The molecule has 7 aromatic rings. The molecule has 0 fully saturated rings. The molecule has 0 saturated heterocycles. The van der Waals surface area contributed by atoms with Crippen molar-refractivity contribution in [3.63, 3.8) is 0 Å². The standard InChI is InChI=1S/C34H20OS/c1-2-11-24(26-14-8-18-32-34(26)27-13-4-6-17-31(27)36-32)23(10-1)22-19-21-9-7-16-30-33(21)28(20-22)25-12-3-5-15-29(25)35-30/h1-20H/i1D,2D,3D,5D,7D,9D,10D,11D,12D,15D,16D,19D,20D. The highest BCUT2D eigenvalue weighted by Gasteiger charge is 2.21. The van der Waals surface area contributed by atoms with E-state index in [2.05, 4.69) is 0 Å². The summed E-state index contributed by atoms with van der Waals surface area (Å²) in [4.78, 5) is 0. The lowest BCUT2D eigenvalue weighted by atomic mass is 9.87. The van der Waals surface area contributed by atoms with Gasteiger partial charge in [0.25, 0.3) is 0 Å². The zero-order valence-electron chi connectivity index (χ0n) is 31.4. The number of ether oxygens (including phenoxy) is 1. The van der Waals surface area contributed by atoms with Crippen molar-refractivity contribution in [1.82, 2.24) is 0 Å². The van der Waals surface area contributed by atoms with Crippen LogP contribution in [0.4, 0.5) is 0 Å². The minimum absolute atomic E-state index is 0.00547. The molecular weight excluding hydrogens is 456 g/mol. The summed E-state index contributed by atoms with van der Waals surface area (Å²) in [6, 6.07) is 5.58. The minimum Gasteiger partial charge on any atom is -0.456 e. The number of para-hydroxylation sites is 1. The second-order valence-electron chi connectivity index (χ2n) is 8.29. The molecule has 1 aromatic heterocycles. The van der Waals surface area contributed by atoms with Gasteiger partial charge >= 0.3 is 0 Å². The Kier molecular flexibility index (Phi) is 2.33. The van der Waals surface area contributed by atoms with Crippen LogP contribution in [0.3, 0.4) is 0 Å². The fraction of sp³-hybridized carbons (Fsp3) is 0. The van der Waals surface area contributed by atoms with Crippen molar-refractivity contribution < 1.29 is 22.6 Å². The van der Waals surface area contributed by atoms with E-state index in [4.69, 9.17) is 18.4 Å². The molecule has 0 radical (unpaired) electrons. The number of benzene rings is 6. The van der Waals surface area contributed by atoms with Gasteiger partial charge in [-0.2, -0.15) is 0 Å². The summed E-state index contributed by atoms with van der Waals surface area (Å²) < 4.78 is 122. The Hall–Kier alpha value is -4.40. The zero-order chi connectivity index (χ0) is 35.0. The molecule has 2 heteroatoms. The number of hydrogen-bond donors (Lipinski definition) is 0. The highest BCUT2D eigenvalue weighted by atomic mass is 32.1.